The van der Waals surface area contributed by atoms with Crippen LogP contribution in [0.15, 0.2) is 42.5 Å². The number of anilines is 2. The Morgan fingerprint density at radius 2 is 1.89 bits per heavy atom. The largest absolute Gasteiger partial charge is 0.494 e. The van der Waals surface area contributed by atoms with Crippen LogP contribution in [0.2, 0.25) is 0 Å². The minimum atomic E-state index is 0.660. The quantitative estimate of drug-likeness (QED) is 0.736. The van der Waals surface area contributed by atoms with Crippen LogP contribution >= 0.6 is 0 Å². The number of likely N-dealkylation sites (N-methyl/N-ethyl adjacent to an activating group) is 1. The SMILES string of the molecule is Cc1ccc(OCCCN2CC[C@H]3[C@@H](C2)c2cccc4c2N3CCN4C)cc1. The van der Waals surface area contributed by atoms with E-state index in [0.717, 1.165) is 31.9 Å². The van der Waals surface area contributed by atoms with E-state index in [2.05, 4.69) is 71.1 Å². The highest BCUT2D eigenvalue weighted by Crippen LogP contribution is 2.50. The highest BCUT2D eigenvalue weighted by molar-refractivity contribution is 5.80. The number of hydrogen-bond acceptors (Lipinski definition) is 4. The number of likely N-dealkylation sites (tertiary alicyclic amines) is 1. The fourth-order valence-electron chi connectivity index (χ4n) is 5.29. The lowest BCUT2D eigenvalue weighted by Crippen LogP contribution is -2.49. The molecule has 0 aliphatic carbocycles. The van der Waals surface area contributed by atoms with Crippen molar-refractivity contribution in [2.75, 3.05) is 56.2 Å². The molecule has 3 aliphatic heterocycles. The van der Waals surface area contributed by atoms with Crippen molar-refractivity contribution in [3.05, 3.63) is 53.6 Å². The second-order valence-electron chi connectivity index (χ2n) is 8.61. The molecule has 28 heavy (non-hydrogen) atoms. The molecule has 2 aromatic rings. The molecule has 0 saturated carbocycles. The fraction of sp³-hybridized carbons (Fsp3) is 0.500. The summed E-state index contributed by atoms with van der Waals surface area (Å²) in [6, 6.07) is 16.0. The molecule has 0 N–H and O–H groups in total. The Bertz CT molecular complexity index is 834. The lowest BCUT2D eigenvalue weighted by Gasteiger charge is -2.41. The Hall–Kier alpha value is -2.20. The molecule has 0 radical (unpaired) electrons. The molecule has 1 saturated heterocycles. The van der Waals surface area contributed by atoms with Crippen molar-refractivity contribution in [1.29, 1.82) is 0 Å². The molecule has 0 spiro atoms. The van der Waals surface area contributed by atoms with Gasteiger partial charge in [0, 0.05) is 51.7 Å². The average Bonchev–Trinajstić information content (AvgIpc) is 3.04. The van der Waals surface area contributed by atoms with Gasteiger partial charge in [-0.05, 0) is 43.5 Å². The second-order valence-corrected chi connectivity index (χ2v) is 8.61. The van der Waals surface area contributed by atoms with Crippen LogP contribution < -0.4 is 14.5 Å². The van der Waals surface area contributed by atoms with Gasteiger partial charge in [-0.1, -0.05) is 29.8 Å². The molecule has 0 aromatic heterocycles. The number of aryl methyl sites for hydroxylation is 1. The van der Waals surface area contributed by atoms with Gasteiger partial charge < -0.3 is 19.4 Å². The lowest BCUT2D eigenvalue weighted by molar-refractivity contribution is 0.178. The first-order valence-electron chi connectivity index (χ1n) is 10.7. The molecule has 4 heteroatoms. The van der Waals surface area contributed by atoms with Crippen molar-refractivity contribution in [3.63, 3.8) is 0 Å². The van der Waals surface area contributed by atoms with Gasteiger partial charge in [-0.25, -0.2) is 0 Å². The number of hydrogen-bond donors (Lipinski definition) is 0. The van der Waals surface area contributed by atoms with E-state index in [1.54, 1.807) is 5.56 Å². The maximum Gasteiger partial charge on any atom is 0.119 e. The normalized spacial score (nSPS) is 23.5. The number of ether oxygens (including phenoxy) is 1. The van der Waals surface area contributed by atoms with Crippen LogP contribution in [0.3, 0.4) is 0 Å². The van der Waals surface area contributed by atoms with E-state index in [9.17, 15) is 0 Å². The summed E-state index contributed by atoms with van der Waals surface area (Å²) >= 11 is 0. The molecule has 5 rings (SSSR count). The number of para-hydroxylation sites is 1. The molecule has 3 aliphatic rings. The molecule has 2 atom stereocenters. The Labute approximate surface area is 168 Å². The summed E-state index contributed by atoms with van der Waals surface area (Å²) in [6.45, 7) is 8.74. The van der Waals surface area contributed by atoms with Gasteiger partial charge >= 0.3 is 0 Å². The number of fused-ring (bicyclic) bond motifs is 3. The van der Waals surface area contributed by atoms with Crippen molar-refractivity contribution in [3.8, 4) is 5.75 Å². The zero-order chi connectivity index (χ0) is 19.1. The Balaban J connectivity index is 1.20. The first-order valence-corrected chi connectivity index (χ1v) is 10.7. The minimum Gasteiger partial charge on any atom is -0.494 e. The van der Waals surface area contributed by atoms with Crippen molar-refractivity contribution >= 4 is 11.4 Å². The third-order valence-corrected chi connectivity index (χ3v) is 6.79. The monoisotopic (exact) mass is 377 g/mol. The van der Waals surface area contributed by atoms with Gasteiger partial charge in [-0.15, -0.1) is 0 Å². The fourth-order valence-corrected chi connectivity index (χ4v) is 5.29. The molecule has 3 heterocycles. The standard InChI is InChI=1S/C24H31N3O/c1-18-7-9-19(10-8-18)28-16-4-12-26-13-11-22-21(17-26)20-5-3-6-23-24(20)27(22)15-14-25(23)2/h3,5-10,21-22H,4,11-17H2,1-2H3/t21-,22-/m0/s1. The van der Waals surface area contributed by atoms with Crippen LogP contribution in [0.5, 0.6) is 5.75 Å². The van der Waals surface area contributed by atoms with E-state index < -0.39 is 0 Å². The number of nitrogens with zero attached hydrogens (tertiary/aromatic N) is 3. The summed E-state index contributed by atoms with van der Waals surface area (Å²) in [5, 5.41) is 0. The Morgan fingerprint density at radius 1 is 1.04 bits per heavy atom. The number of piperidine rings is 1. The summed E-state index contributed by atoms with van der Waals surface area (Å²) in [4.78, 5) is 7.79. The van der Waals surface area contributed by atoms with E-state index in [1.165, 1.54) is 43.0 Å². The van der Waals surface area contributed by atoms with Crippen molar-refractivity contribution in [1.82, 2.24) is 4.90 Å². The first kappa shape index (κ1) is 17.9. The molecule has 1 fully saturated rings. The first-order chi connectivity index (χ1) is 13.7. The Kier molecular flexibility index (Phi) is 4.67. The summed E-state index contributed by atoms with van der Waals surface area (Å²) < 4.78 is 5.92. The topological polar surface area (TPSA) is 19.0 Å². The third kappa shape index (κ3) is 3.14. The van der Waals surface area contributed by atoms with E-state index >= 15 is 0 Å². The van der Waals surface area contributed by atoms with Crippen LogP contribution in [-0.4, -0.2) is 57.3 Å². The van der Waals surface area contributed by atoms with Gasteiger partial charge in [0.2, 0.25) is 0 Å². The van der Waals surface area contributed by atoms with Gasteiger partial charge in [0.1, 0.15) is 5.75 Å². The smallest absolute Gasteiger partial charge is 0.119 e. The maximum atomic E-state index is 5.92. The molecule has 2 aromatic carbocycles. The Morgan fingerprint density at radius 3 is 2.75 bits per heavy atom. The van der Waals surface area contributed by atoms with E-state index in [4.69, 9.17) is 4.74 Å². The highest BCUT2D eigenvalue weighted by atomic mass is 16.5. The van der Waals surface area contributed by atoms with Gasteiger partial charge in [0.15, 0.2) is 0 Å². The molecule has 148 valence electrons. The summed E-state index contributed by atoms with van der Waals surface area (Å²) in [7, 11) is 2.23. The van der Waals surface area contributed by atoms with Crippen LogP contribution in [-0.2, 0) is 0 Å². The zero-order valence-corrected chi connectivity index (χ0v) is 17.1. The van der Waals surface area contributed by atoms with Crippen LogP contribution in [0.1, 0.15) is 29.9 Å². The summed E-state index contributed by atoms with van der Waals surface area (Å²) in [6.07, 6.45) is 2.37. The third-order valence-electron chi connectivity index (χ3n) is 6.79. The van der Waals surface area contributed by atoms with Crippen LogP contribution in [0, 0.1) is 6.92 Å². The van der Waals surface area contributed by atoms with E-state index in [-0.39, 0.29) is 0 Å². The van der Waals surface area contributed by atoms with Crippen molar-refractivity contribution < 1.29 is 4.74 Å². The zero-order valence-electron chi connectivity index (χ0n) is 17.1. The van der Waals surface area contributed by atoms with Gasteiger partial charge in [-0.2, -0.15) is 0 Å². The van der Waals surface area contributed by atoms with E-state index in [1.807, 2.05) is 0 Å². The number of rotatable bonds is 5. The predicted octanol–water partition coefficient (Wildman–Crippen LogP) is 3.89. The van der Waals surface area contributed by atoms with Crippen molar-refractivity contribution in [2.45, 2.75) is 31.7 Å². The van der Waals surface area contributed by atoms with Crippen molar-refractivity contribution in [2.24, 2.45) is 0 Å². The molecule has 0 amide bonds. The van der Waals surface area contributed by atoms with Crippen LogP contribution in [0.25, 0.3) is 0 Å². The average molecular weight is 378 g/mol. The summed E-state index contributed by atoms with van der Waals surface area (Å²) in [5.41, 5.74) is 5.81. The van der Waals surface area contributed by atoms with Gasteiger partial charge in [0.05, 0.1) is 18.0 Å². The maximum absolute atomic E-state index is 5.92. The molecule has 4 nitrogen and oxygen atoms in total. The predicted molar refractivity (Wildman–Crippen MR) is 116 cm³/mol. The minimum absolute atomic E-state index is 0.660. The molecule has 0 bridgehead atoms. The lowest BCUT2D eigenvalue weighted by atomic mass is 9.89. The molecule has 0 unspecified atom stereocenters. The van der Waals surface area contributed by atoms with Crippen LogP contribution in [0.4, 0.5) is 11.4 Å². The molecular formula is C24H31N3O. The van der Waals surface area contributed by atoms with Gasteiger partial charge in [-0.3, -0.25) is 0 Å². The highest BCUT2D eigenvalue weighted by Gasteiger charge is 2.44. The second kappa shape index (κ2) is 7.32. The van der Waals surface area contributed by atoms with Gasteiger partial charge in [0.25, 0.3) is 0 Å². The molecular weight excluding hydrogens is 346 g/mol. The van der Waals surface area contributed by atoms with E-state index in [0.29, 0.717) is 12.0 Å². The summed E-state index contributed by atoms with van der Waals surface area (Å²) in [5.74, 6) is 1.65. The number of benzene rings is 2.